The zero-order chi connectivity index (χ0) is 19.9. The second-order valence-corrected chi connectivity index (χ2v) is 7.30. The molecule has 0 aliphatic carbocycles. The summed E-state index contributed by atoms with van der Waals surface area (Å²) < 4.78 is 0. The summed E-state index contributed by atoms with van der Waals surface area (Å²) in [6.07, 6.45) is 3.46. The lowest BCUT2D eigenvalue weighted by molar-refractivity contribution is 0.248. The summed E-state index contributed by atoms with van der Waals surface area (Å²) in [6, 6.07) is 13.3. The van der Waals surface area contributed by atoms with Gasteiger partial charge in [-0.25, -0.2) is 4.98 Å². The average Bonchev–Trinajstić information content (AvgIpc) is 2.71. The number of benzene rings is 1. The first kappa shape index (κ1) is 20.0. The van der Waals surface area contributed by atoms with Gasteiger partial charge in [0, 0.05) is 35.6 Å². The molecular weight excluding hydrogens is 374 g/mol. The second kappa shape index (κ2) is 9.48. The fourth-order valence-corrected chi connectivity index (χ4v) is 2.91. The van der Waals surface area contributed by atoms with E-state index < -0.39 is 0 Å². The smallest absolute Gasteiger partial charge is 0.225 e. The van der Waals surface area contributed by atoms with Crippen molar-refractivity contribution in [1.29, 1.82) is 0 Å². The van der Waals surface area contributed by atoms with E-state index in [2.05, 4.69) is 25.6 Å². The SMILES string of the molecule is CC(C)[C@@H](CO)Nc1nc(NCc2cccc(Cl)c2)cc(-c2ccncc2)n1. The Morgan fingerprint density at radius 2 is 1.86 bits per heavy atom. The first-order valence-corrected chi connectivity index (χ1v) is 9.58. The molecular formula is C21H24ClN5O. The van der Waals surface area contributed by atoms with Gasteiger partial charge in [-0.05, 0) is 35.7 Å². The molecule has 0 aliphatic rings. The maximum absolute atomic E-state index is 9.64. The van der Waals surface area contributed by atoms with Crippen LogP contribution in [0, 0.1) is 5.92 Å². The molecule has 0 amide bonds. The molecule has 0 spiro atoms. The van der Waals surface area contributed by atoms with Crippen molar-refractivity contribution < 1.29 is 5.11 Å². The van der Waals surface area contributed by atoms with Gasteiger partial charge in [-0.1, -0.05) is 37.6 Å². The Labute approximate surface area is 170 Å². The molecule has 2 aromatic heterocycles. The summed E-state index contributed by atoms with van der Waals surface area (Å²) in [4.78, 5) is 13.3. The molecule has 3 N–H and O–H groups in total. The third kappa shape index (κ3) is 5.41. The fourth-order valence-electron chi connectivity index (χ4n) is 2.70. The molecule has 3 rings (SSSR count). The summed E-state index contributed by atoms with van der Waals surface area (Å²) in [6.45, 7) is 4.67. The van der Waals surface area contributed by atoms with E-state index in [1.54, 1.807) is 12.4 Å². The Hall–Kier alpha value is -2.70. The molecule has 0 saturated carbocycles. The first-order chi connectivity index (χ1) is 13.5. The minimum Gasteiger partial charge on any atom is -0.394 e. The van der Waals surface area contributed by atoms with Gasteiger partial charge in [0.1, 0.15) is 5.82 Å². The lowest BCUT2D eigenvalue weighted by Gasteiger charge is -2.20. The number of hydrogen-bond acceptors (Lipinski definition) is 6. The molecule has 146 valence electrons. The van der Waals surface area contributed by atoms with Crippen molar-refractivity contribution in [3.63, 3.8) is 0 Å². The first-order valence-electron chi connectivity index (χ1n) is 9.20. The van der Waals surface area contributed by atoms with Crippen molar-refractivity contribution in [2.75, 3.05) is 17.2 Å². The Balaban J connectivity index is 1.88. The van der Waals surface area contributed by atoms with Crippen LogP contribution in [0.3, 0.4) is 0 Å². The average molecular weight is 398 g/mol. The van der Waals surface area contributed by atoms with Crippen molar-refractivity contribution in [1.82, 2.24) is 15.0 Å². The Kier molecular flexibility index (Phi) is 6.79. The standard InChI is InChI=1S/C21H24ClN5O/c1-14(2)19(13-28)26-21-25-18(16-6-8-23-9-7-16)11-20(27-21)24-12-15-4-3-5-17(22)10-15/h3-11,14,19,28H,12-13H2,1-2H3,(H2,24,25,26,27)/t19-/m1/s1. The van der Waals surface area contributed by atoms with Gasteiger partial charge in [0.25, 0.3) is 0 Å². The van der Waals surface area contributed by atoms with E-state index in [0.717, 1.165) is 16.8 Å². The Morgan fingerprint density at radius 1 is 1.07 bits per heavy atom. The van der Waals surface area contributed by atoms with Crippen molar-refractivity contribution in [3.8, 4) is 11.3 Å². The van der Waals surface area contributed by atoms with Crippen LogP contribution in [0.1, 0.15) is 19.4 Å². The predicted molar refractivity (Wildman–Crippen MR) is 113 cm³/mol. The minimum absolute atomic E-state index is 0.00574. The van der Waals surface area contributed by atoms with Crippen molar-refractivity contribution in [2.24, 2.45) is 5.92 Å². The van der Waals surface area contributed by atoms with E-state index in [4.69, 9.17) is 11.6 Å². The van der Waals surface area contributed by atoms with Crippen molar-refractivity contribution >= 4 is 23.4 Å². The summed E-state index contributed by atoms with van der Waals surface area (Å²) in [5, 5.41) is 16.9. The van der Waals surface area contributed by atoms with E-state index in [9.17, 15) is 5.11 Å². The highest BCUT2D eigenvalue weighted by molar-refractivity contribution is 6.30. The molecule has 0 unspecified atom stereocenters. The molecule has 7 heteroatoms. The lowest BCUT2D eigenvalue weighted by atomic mass is 10.1. The van der Waals surface area contributed by atoms with Gasteiger partial charge in [0.2, 0.25) is 5.95 Å². The molecule has 6 nitrogen and oxygen atoms in total. The minimum atomic E-state index is -0.131. The van der Waals surface area contributed by atoms with Gasteiger partial charge in [-0.15, -0.1) is 0 Å². The van der Waals surface area contributed by atoms with Gasteiger partial charge < -0.3 is 15.7 Å². The van der Waals surface area contributed by atoms with Gasteiger partial charge in [0.05, 0.1) is 18.3 Å². The molecule has 0 saturated heterocycles. The molecule has 0 radical (unpaired) electrons. The van der Waals surface area contributed by atoms with E-state index in [0.29, 0.717) is 23.3 Å². The molecule has 0 aliphatic heterocycles. The van der Waals surface area contributed by atoms with Crippen LogP contribution in [0.2, 0.25) is 5.02 Å². The van der Waals surface area contributed by atoms with E-state index in [1.807, 2.05) is 56.3 Å². The zero-order valence-electron chi connectivity index (χ0n) is 15.9. The number of rotatable bonds is 8. The number of hydrogen-bond donors (Lipinski definition) is 3. The second-order valence-electron chi connectivity index (χ2n) is 6.86. The monoisotopic (exact) mass is 397 g/mol. The fraction of sp³-hybridized carbons (Fsp3) is 0.286. The molecule has 0 fully saturated rings. The van der Waals surface area contributed by atoms with Gasteiger partial charge >= 0.3 is 0 Å². The summed E-state index contributed by atoms with van der Waals surface area (Å²) in [7, 11) is 0. The molecule has 2 heterocycles. The topological polar surface area (TPSA) is 83.0 Å². The van der Waals surface area contributed by atoms with E-state index >= 15 is 0 Å². The van der Waals surface area contributed by atoms with Gasteiger partial charge in [0.15, 0.2) is 0 Å². The molecule has 1 atom stereocenters. The normalized spacial score (nSPS) is 12.0. The van der Waals surface area contributed by atoms with Crippen LogP contribution in [0.15, 0.2) is 54.9 Å². The lowest BCUT2D eigenvalue weighted by Crippen LogP contribution is -2.30. The van der Waals surface area contributed by atoms with Gasteiger partial charge in [-0.3, -0.25) is 4.98 Å². The van der Waals surface area contributed by atoms with Crippen molar-refractivity contribution in [2.45, 2.75) is 26.4 Å². The van der Waals surface area contributed by atoms with Crippen LogP contribution in [-0.4, -0.2) is 32.7 Å². The Morgan fingerprint density at radius 3 is 2.54 bits per heavy atom. The molecule has 3 aromatic rings. The summed E-state index contributed by atoms with van der Waals surface area (Å²) in [5.74, 6) is 1.39. The maximum atomic E-state index is 9.64. The number of aromatic nitrogens is 3. The van der Waals surface area contributed by atoms with Crippen LogP contribution >= 0.6 is 11.6 Å². The predicted octanol–water partition coefficient (Wildman–Crippen LogP) is 4.23. The number of aliphatic hydroxyl groups excluding tert-OH is 1. The van der Waals surface area contributed by atoms with Crippen LogP contribution in [-0.2, 0) is 6.54 Å². The van der Waals surface area contributed by atoms with Crippen molar-refractivity contribution in [3.05, 3.63) is 65.4 Å². The highest BCUT2D eigenvalue weighted by Crippen LogP contribution is 2.22. The van der Waals surface area contributed by atoms with Crippen LogP contribution in [0.25, 0.3) is 11.3 Å². The number of nitrogens with zero attached hydrogens (tertiary/aromatic N) is 3. The van der Waals surface area contributed by atoms with E-state index in [1.165, 1.54) is 0 Å². The molecule has 28 heavy (non-hydrogen) atoms. The number of nitrogens with one attached hydrogen (secondary N) is 2. The quantitative estimate of drug-likeness (QED) is 0.527. The summed E-state index contributed by atoms with van der Waals surface area (Å²) >= 11 is 6.07. The highest BCUT2D eigenvalue weighted by atomic mass is 35.5. The molecule has 1 aromatic carbocycles. The maximum Gasteiger partial charge on any atom is 0.225 e. The van der Waals surface area contributed by atoms with Crippen LogP contribution in [0.5, 0.6) is 0 Å². The summed E-state index contributed by atoms with van der Waals surface area (Å²) in [5.41, 5.74) is 2.77. The number of pyridine rings is 1. The third-order valence-corrected chi connectivity index (χ3v) is 4.62. The number of halogens is 1. The Bertz CT molecular complexity index is 904. The third-order valence-electron chi connectivity index (χ3n) is 4.38. The van der Waals surface area contributed by atoms with Gasteiger partial charge in [-0.2, -0.15) is 4.98 Å². The van der Waals surface area contributed by atoms with Crippen LogP contribution in [0.4, 0.5) is 11.8 Å². The van der Waals surface area contributed by atoms with Crippen LogP contribution < -0.4 is 10.6 Å². The highest BCUT2D eigenvalue weighted by Gasteiger charge is 2.15. The number of anilines is 2. The number of aliphatic hydroxyl groups is 1. The largest absolute Gasteiger partial charge is 0.394 e. The van der Waals surface area contributed by atoms with E-state index in [-0.39, 0.29) is 18.6 Å². The zero-order valence-corrected chi connectivity index (χ0v) is 16.7. The molecule has 0 bridgehead atoms.